The van der Waals surface area contributed by atoms with Crippen LogP contribution in [0.1, 0.15) is 26.3 Å². The third-order valence-electron chi connectivity index (χ3n) is 4.08. The molecule has 0 saturated carbocycles. The summed E-state index contributed by atoms with van der Waals surface area (Å²) >= 11 is 0. The summed E-state index contributed by atoms with van der Waals surface area (Å²) in [6.45, 7) is 0.0334. The molecule has 0 radical (unpaired) electrons. The molecule has 3 aromatic carbocycles. The number of carbonyl (C=O) groups excluding carboxylic acids is 3. The molecule has 7 heteroatoms. The molecular weight excluding hydrogens is 386 g/mol. The maximum Gasteiger partial charge on any atom is 0.514 e. The van der Waals surface area contributed by atoms with Crippen LogP contribution in [0.5, 0.6) is 5.75 Å². The molecule has 30 heavy (non-hydrogen) atoms. The first-order valence-electron chi connectivity index (χ1n) is 9.04. The van der Waals surface area contributed by atoms with E-state index in [4.69, 9.17) is 14.2 Å². The first kappa shape index (κ1) is 20.6. The van der Waals surface area contributed by atoms with Crippen molar-refractivity contribution in [3.63, 3.8) is 0 Å². The van der Waals surface area contributed by atoms with Crippen molar-refractivity contribution in [1.29, 1.82) is 0 Å². The summed E-state index contributed by atoms with van der Waals surface area (Å²) < 4.78 is 15.1. The lowest BCUT2D eigenvalue weighted by molar-refractivity contribution is 0.0600. The zero-order valence-electron chi connectivity index (χ0n) is 16.2. The fraction of sp³-hybridized carbons (Fsp3) is 0.0870. The Bertz CT molecular complexity index is 1030. The quantitative estimate of drug-likeness (QED) is 0.482. The molecule has 0 aliphatic carbocycles. The van der Waals surface area contributed by atoms with E-state index in [0.717, 1.165) is 5.56 Å². The predicted molar refractivity (Wildman–Crippen MR) is 109 cm³/mol. The zero-order valence-corrected chi connectivity index (χ0v) is 16.2. The van der Waals surface area contributed by atoms with E-state index in [-0.39, 0.29) is 23.6 Å². The average molecular weight is 405 g/mol. The van der Waals surface area contributed by atoms with Crippen molar-refractivity contribution in [2.24, 2.45) is 0 Å². The van der Waals surface area contributed by atoms with Crippen molar-refractivity contribution in [3.8, 4) is 5.75 Å². The highest BCUT2D eigenvalue weighted by atomic mass is 16.7. The number of anilines is 1. The molecule has 3 rings (SSSR count). The van der Waals surface area contributed by atoms with Gasteiger partial charge in [-0.15, -0.1) is 0 Å². The lowest BCUT2D eigenvalue weighted by Crippen LogP contribution is -2.16. The fourth-order valence-corrected chi connectivity index (χ4v) is 2.58. The number of amides is 1. The van der Waals surface area contributed by atoms with Crippen LogP contribution < -0.4 is 10.1 Å². The molecule has 0 atom stereocenters. The minimum absolute atomic E-state index is 0.0324. The highest BCUT2D eigenvalue weighted by Gasteiger charge is 2.17. The van der Waals surface area contributed by atoms with Gasteiger partial charge in [0.2, 0.25) is 0 Å². The van der Waals surface area contributed by atoms with Gasteiger partial charge in [0, 0.05) is 5.56 Å². The zero-order chi connectivity index (χ0) is 21.3. The number of esters is 1. The van der Waals surface area contributed by atoms with Gasteiger partial charge >= 0.3 is 12.1 Å². The van der Waals surface area contributed by atoms with Crippen molar-refractivity contribution in [2.45, 2.75) is 6.61 Å². The van der Waals surface area contributed by atoms with Gasteiger partial charge in [-0.1, -0.05) is 48.5 Å². The first-order valence-corrected chi connectivity index (χ1v) is 9.04. The number of hydrogen-bond acceptors (Lipinski definition) is 6. The summed E-state index contributed by atoms with van der Waals surface area (Å²) in [7, 11) is 1.25. The average Bonchev–Trinajstić information content (AvgIpc) is 2.79. The van der Waals surface area contributed by atoms with Crippen molar-refractivity contribution in [3.05, 3.63) is 95.6 Å². The summed E-state index contributed by atoms with van der Waals surface area (Å²) in [5.41, 5.74) is 1.51. The molecule has 3 aromatic rings. The second-order valence-electron chi connectivity index (χ2n) is 6.15. The summed E-state index contributed by atoms with van der Waals surface area (Å²) in [5.74, 6) is -0.992. The maximum absolute atomic E-state index is 12.5. The van der Waals surface area contributed by atoms with Gasteiger partial charge in [0.15, 0.2) is 5.75 Å². The maximum atomic E-state index is 12.5. The number of hydrogen-bond donors (Lipinski definition) is 1. The number of ether oxygens (including phenoxy) is 3. The second-order valence-corrected chi connectivity index (χ2v) is 6.15. The molecule has 7 nitrogen and oxygen atoms in total. The largest absolute Gasteiger partial charge is 0.514 e. The van der Waals surface area contributed by atoms with E-state index >= 15 is 0 Å². The topological polar surface area (TPSA) is 90.9 Å². The van der Waals surface area contributed by atoms with Crippen LogP contribution >= 0.6 is 0 Å². The van der Waals surface area contributed by atoms with Crippen LogP contribution in [0.25, 0.3) is 0 Å². The number of nitrogens with one attached hydrogen (secondary N) is 1. The Morgan fingerprint density at radius 1 is 0.833 bits per heavy atom. The summed E-state index contributed by atoms with van der Waals surface area (Å²) in [5, 5.41) is 2.65. The van der Waals surface area contributed by atoms with Crippen LogP contribution in [0.2, 0.25) is 0 Å². The van der Waals surface area contributed by atoms with Gasteiger partial charge in [-0.25, -0.2) is 9.59 Å². The number of benzene rings is 3. The van der Waals surface area contributed by atoms with E-state index in [2.05, 4.69) is 5.32 Å². The normalized spacial score (nSPS) is 10.0. The van der Waals surface area contributed by atoms with Crippen LogP contribution in [-0.4, -0.2) is 25.1 Å². The lowest BCUT2D eigenvalue weighted by Gasteiger charge is -2.13. The highest BCUT2D eigenvalue weighted by molar-refractivity contribution is 6.05. The Morgan fingerprint density at radius 2 is 1.50 bits per heavy atom. The van der Waals surface area contributed by atoms with Crippen LogP contribution in [0.3, 0.4) is 0 Å². The molecule has 1 amide bonds. The predicted octanol–water partition coefficient (Wildman–Crippen LogP) is 4.44. The van der Waals surface area contributed by atoms with Gasteiger partial charge in [0.05, 0.1) is 18.4 Å². The third-order valence-corrected chi connectivity index (χ3v) is 4.08. The minimum Gasteiger partial charge on any atom is -0.465 e. The van der Waals surface area contributed by atoms with Crippen LogP contribution in [0.4, 0.5) is 10.5 Å². The summed E-state index contributed by atoms with van der Waals surface area (Å²) in [4.78, 5) is 36.5. The van der Waals surface area contributed by atoms with Crippen LogP contribution in [0, 0.1) is 0 Å². The lowest BCUT2D eigenvalue weighted by atomic mass is 10.1. The second kappa shape index (κ2) is 9.88. The summed E-state index contributed by atoms with van der Waals surface area (Å²) in [6, 6.07) is 21.8. The van der Waals surface area contributed by atoms with Crippen molar-refractivity contribution < 1.29 is 28.6 Å². The molecule has 0 heterocycles. The SMILES string of the molecule is COC(=O)c1ccc(OC(=O)OCc2ccccc2)c(NC(=O)c2ccccc2)c1. The molecule has 0 aliphatic rings. The number of methoxy groups -OCH3 is 1. The van der Waals surface area contributed by atoms with Crippen molar-refractivity contribution in [2.75, 3.05) is 12.4 Å². The molecular formula is C23H19NO6. The van der Waals surface area contributed by atoms with Gasteiger partial charge < -0.3 is 19.5 Å². The number of rotatable bonds is 6. The Labute approximate surface area is 173 Å². The van der Waals surface area contributed by atoms with Crippen molar-refractivity contribution >= 4 is 23.7 Å². The molecule has 1 N–H and O–H groups in total. The third kappa shape index (κ3) is 5.45. The Kier molecular flexibility index (Phi) is 6.78. The van der Waals surface area contributed by atoms with E-state index in [9.17, 15) is 14.4 Å². The molecule has 0 saturated heterocycles. The molecule has 0 unspecified atom stereocenters. The smallest absolute Gasteiger partial charge is 0.465 e. The molecule has 0 fully saturated rings. The number of carbonyl (C=O) groups is 3. The standard InChI is InChI=1S/C23H19NO6/c1-28-22(26)18-12-13-20(30-23(27)29-15-16-8-4-2-5-9-16)19(14-18)24-21(25)17-10-6-3-7-11-17/h2-14H,15H2,1H3,(H,24,25). The van der Waals surface area contributed by atoms with Gasteiger partial charge in [0.25, 0.3) is 5.91 Å². The Hall–Kier alpha value is -4.13. The van der Waals surface area contributed by atoms with E-state index in [1.807, 2.05) is 30.3 Å². The van der Waals surface area contributed by atoms with E-state index in [1.54, 1.807) is 30.3 Å². The minimum atomic E-state index is -0.945. The summed E-state index contributed by atoms with van der Waals surface area (Å²) in [6.07, 6.45) is -0.945. The monoisotopic (exact) mass is 405 g/mol. The highest BCUT2D eigenvalue weighted by Crippen LogP contribution is 2.27. The fourth-order valence-electron chi connectivity index (χ4n) is 2.58. The van der Waals surface area contributed by atoms with E-state index in [1.165, 1.54) is 25.3 Å². The molecule has 0 aliphatic heterocycles. The van der Waals surface area contributed by atoms with Gasteiger partial charge in [-0.3, -0.25) is 4.79 Å². The molecule has 0 spiro atoms. The van der Waals surface area contributed by atoms with Crippen LogP contribution in [-0.2, 0) is 16.1 Å². The van der Waals surface area contributed by atoms with Crippen LogP contribution in [0.15, 0.2) is 78.9 Å². The van der Waals surface area contributed by atoms with Crippen molar-refractivity contribution in [1.82, 2.24) is 0 Å². The Morgan fingerprint density at radius 3 is 2.17 bits per heavy atom. The van der Waals surface area contributed by atoms with Gasteiger partial charge in [0.1, 0.15) is 6.61 Å². The van der Waals surface area contributed by atoms with Gasteiger partial charge in [-0.05, 0) is 35.9 Å². The van der Waals surface area contributed by atoms with Gasteiger partial charge in [-0.2, -0.15) is 0 Å². The van der Waals surface area contributed by atoms with E-state index in [0.29, 0.717) is 5.56 Å². The first-order chi connectivity index (χ1) is 14.6. The molecule has 152 valence electrons. The molecule has 0 bridgehead atoms. The Balaban J connectivity index is 1.77. The van der Waals surface area contributed by atoms with E-state index < -0.39 is 18.0 Å². The molecule has 0 aromatic heterocycles.